The van der Waals surface area contributed by atoms with Crippen LogP contribution in [0.4, 0.5) is 5.13 Å². The van der Waals surface area contributed by atoms with Crippen molar-refractivity contribution >= 4 is 22.4 Å². The molecular formula is C27H33N3O4S. The predicted octanol–water partition coefficient (Wildman–Crippen LogP) is 5.11. The largest absolute Gasteiger partial charge is 0.488 e. The molecule has 8 heteroatoms. The Labute approximate surface area is 210 Å². The van der Waals surface area contributed by atoms with E-state index in [9.17, 15) is 4.79 Å². The van der Waals surface area contributed by atoms with Gasteiger partial charge in [0.1, 0.15) is 12.4 Å². The van der Waals surface area contributed by atoms with Gasteiger partial charge >= 0.3 is 5.97 Å². The molecule has 2 heterocycles. The molecule has 7 nitrogen and oxygen atoms in total. The number of nitrogens with one attached hydrogen (secondary N) is 1. The first-order chi connectivity index (χ1) is 17.0. The van der Waals surface area contributed by atoms with Gasteiger partial charge in [-0.1, -0.05) is 29.8 Å². The lowest BCUT2D eigenvalue weighted by molar-refractivity contribution is -0.137. The number of benzene rings is 2. The van der Waals surface area contributed by atoms with Crippen LogP contribution in [-0.4, -0.2) is 53.8 Å². The van der Waals surface area contributed by atoms with Crippen LogP contribution in [0.2, 0.25) is 0 Å². The highest BCUT2D eigenvalue weighted by molar-refractivity contribution is 7.14. The van der Waals surface area contributed by atoms with Gasteiger partial charge in [-0.25, -0.2) is 4.98 Å². The van der Waals surface area contributed by atoms with Gasteiger partial charge in [0, 0.05) is 43.5 Å². The summed E-state index contributed by atoms with van der Waals surface area (Å²) in [5, 5.41) is 14.8. The van der Waals surface area contributed by atoms with E-state index in [2.05, 4.69) is 54.4 Å². The molecule has 35 heavy (non-hydrogen) atoms. The van der Waals surface area contributed by atoms with Crippen molar-refractivity contribution in [3.8, 4) is 17.0 Å². The van der Waals surface area contributed by atoms with E-state index in [0.29, 0.717) is 19.6 Å². The second kappa shape index (κ2) is 12.2. The van der Waals surface area contributed by atoms with Gasteiger partial charge in [-0.15, -0.1) is 11.3 Å². The van der Waals surface area contributed by atoms with Crippen LogP contribution >= 0.6 is 11.3 Å². The lowest BCUT2D eigenvalue weighted by Crippen LogP contribution is -2.35. The average Bonchev–Trinajstić information content (AvgIpc) is 3.31. The first-order valence-electron chi connectivity index (χ1n) is 12.0. The number of carboxylic acids is 1. The lowest BCUT2D eigenvalue weighted by Gasteiger charge is -2.26. The quantitative estimate of drug-likeness (QED) is 0.358. The van der Waals surface area contributed by atoms with Crippen molar-refractivity contribution < 1.29 is 19.4 Å². The van der Waals surface area contributed by atoms with Gasteiger partial charge in [-0.2, -0.15) is 0 Å². The SMILES string of the molecule is Cc1ccc(OCc2ccc(CN3CCOCC3)cc2C)c(-c2csc(NCCCC(=O)O)n2)c1. The number of aliphatic carboxylic acids is 1. The van der Waals surface area contributed by atoms with Crippen molar-refractivity contribution in [3.05, 3.63) is 64.0 Å². The number of carboxylic acid groups (broad SMARTS) is 1. The van der Waals surface area contributed by atoms with E-state index in [0.717, 1.165) is 60.5 Å². The Morgan fingerprint density at radius 3 is 2.80 bits per heavy atom. The van der Waals surface area contributed by atoms with E-state index in [1.54, 1.807) is 0 Å². The number of rotatable bonds is 11. The average molecular weight is 496 g/mol. The molecule has 1 saturated heterocycles. The molecule has 0 saturated carbocycles. The minimum atomic E-state index is -0.782. The van der Waals surface area contributed by atoms with Crippen molar-refractivity contribution in [2.75, 3.05) is 38.2 Å². The van der Waals surface area contributed by atoms with Crippen LogP contribution in [-0.2, 0) is 22.7 Å². The maximum absolute atomic E-state index is 10.7. The molecule has 1 fully saturated rings. The predicted molar refractivity (Wildman–Crippen MR) is 139 cm³/mol. The summed E-state index contributed by atoms with van der Waals surface area (Å²) in [6, 6.07) is 12.8. The Kier molecular flexibility index (Phi) is 8.74. The van der Waals surface area contributed by atoms with Crippen LogP contribution in [0.15, 0.2) is 41.8 Å². The van der Waals surface area contributed by atoms with Crippen LogP contribution in [0.5, 0.6) is 5.75 Å². The molecule has 4 rings (SSSR count). The van der Waals surface area contributed by atoms with E-state index >= 15 is 0 Å². The Morgan fingerprint density at radius 2 is 2.03 bits per heavy atom. The monoisotopic (exact) mass is 495 g/mol. The Morgan fingerprint density at radius 1 is 1.20 bits per heavy atom. The summed E-state index contributed by atoms with van der Waals surface area (Å²) in [5.41, 5.74) is 6.66. The van der Waals surface area contributed by atoms with Crippen LogP contribution in [0.1, 0.15) is 35.1 Å². The number of carbonyl (C=O) groups is 1. The number of aromatic nitrogens is 1. The van der Waals surface area contributed by atoms with Crippen molar-refractivity contribution in [3.63, 3.8) is 0 Å². The third-order valence-electron chi connectivity index (χ3n) is 6.06. The van der Waals surface area contributed by atoms with Gasteiger partial charge in [0.05, 0.1) is 18.9 Å². The van der Waals surface area contributed by atoms with E-state index < -0.39 is 5.97 Å². The zero-order valence-electron chi connectivity index (χ0n) is 20.4. The fourth-order valence-electron chi connectivity index (χ4n) is 4.07. The summed E-state index contributed by atoms with van der Waals surface area (Å²) in [6.07, 6.45) is 0.711. The van der Waals surface area contributed by atoms with Crippen LogP contribution in [0.25, 0.3) is 11.3 Å². The summed E-state index contributed by atoms with van der Waals surface area (Å²) < 4.78 is 11.7. The van der Waals surface area contributed by atoms with Crippen molar-refractivity contribution in [1.29, 1.82) is 0 Å². The summed E-state index contributed by atoms with van der Waals surface area (Å²) in [6.45, 7) is 9.80. The second-order valence-electron chi connectivity index (χ2n) is 8.90. The first-order valence-corrected chi connectivity index (χ1v) is 12.9. The van der Waals surface area contributed by atoms with Crippen molar-refractivity contribution in [2.45, 2.75) is 39.8 Å². The van der Waals surface area contributed by atoms with E-state index in [1.807, 2.05) is 11.4 Å². The fraction of sp³-hybridized carbons (Fsp3) is 0.407. The highest BCUT2D eigenvalue weighted by Crippen LogP contribution is 2.34. The molecule has 2 aromatic carbocycles. The number of nitrogens with zero attached hydrogens (tertiary/aromatic N) is 2. The maximum Gasteiger partial charge on any atom is 0.303 e. The fourth-order valence-corrected chi connectivity index (χ4v) is 4.81. The van der Waals surface area contributed by atoms with Gasteiger partial charge in [0.25, 0.3) is 0 Å². The number of hydrogen-bond acceptors (Lipinski definition) is 7. The molecule has 0 radical (unpaired) electrons. The van der Waals surface area contributed by atoms with Crippen molar-refractivity contribution in [1.82, 2.24) is 9.88 Å². The first kappa shape index (κ1) is 25.2. The number of ether oxygens (including phenoxy) is 2. The molecule has 0 spiro atoms. The highest BCUT2D eigenvalue weighted by Gasteiger charge is 2.14. The molecular weight excluding hydrogens is 462 g/mol. The number of morpholine rings is 1. The van der Waals surface area contributed by atoms with E-state index in [4.69, 9.17) is 19.6 Å². The molecule has 0 unspecified atom stereocenters. The third-order valence-corrected chi connectivity index (χ3v) is 6.86. The molecule has 1 aromatic heterocycles. The third kappa shape index (κ3) is 7.27. The number of hydrogen-bond donors (Lipinski definition) is 2. The summed E-state index contributed by atoms with van der Waals surface area (Å²) in [4.78, 5) is 17.8. The normalized spacial score (nSPS) is 14.1. The molecule has 1 aliphatic rings. The van der Waals surface area contributed by atoms with Gasteiger partial charge < -0.3 is 19.9 Å². The summed E-state index contributed by atoms with van der Waals surface area (Å²) >= 11 is 1.51. The summed E-state index contributed by atoms with van der Waals surface area (Å²) in [7, 11) is 0. The minimum absolute atomic E-state index is 0.148. The maximum atomic E-state index is 10.7. The van der Waals surface area contributed by atoms with E-state index in [1.165, 1.54) is 28.0 Å². The van der Waals surface area contributed by atoms with Gasteiger partial charge in [-0.05, 0) is 49.1 Å². The molecule has 0 aliphatic carbocycles. The zero-order chi connectivity index (χ0) is 24.6. The minimum Gasteiger partial charge on any atom is -0.488 e. The molecule has 0 bridgehead atoms. The molecule has 186 valence electrons. The highest BCUT2D eigenvalue weighted by atomic mass is 32.1. The summed E-state index contributed by atoms with van der Waals surface area (Å²) in [5.74, 6) is 0.0188. The van der Waals surface area contributed by atoms with Crippen molar-refractivity contribution in [2.24, 2.45) is 0 Å². The number of anilines is 1. The molecule has 1 aliphatic heterocycles. The molecule has 3 aromatic rings. The Hall–Kier alpha value is -2.94. The topological polar surface area (TPSA) is 83.9 Å². The Bertz CT molecular complexity index is 1140. The van der Waals surface area contributed by atoms with Gasteiger partial charge in [-0.3, -0.25) is 9.69 Å². The zero-order valence-corrected chi connectivity index (χ0v) is 21.2. The van der Waals surface area contributed by atoms with Crippen LogP contribution in [0.3, 0.4) is 0 Å². The standard InChI is InChI=1S/C27H33N3O4S/c1-19-5-8-25(23(14-19)24-18-35-27(29-24)28-9-3-4-26(31)32)34-17-22-7-6-21(15-20(22)2)16-30-10-12-33-13-11-30/h5-8,14-15,18H,3-4,9-13,16-17H2,1-2H3,(H,28,29)(H,31,32). The van der Waals surface area contributed by atoms with Crippen LogP contribution in [0, 0.1) is 13.8 Å². The Balaban J connectivity index is 1.40. The van der Waals surface area contributed by atoms with E-state index in [-0.39, 0.29) is 6.42 Å². The van der Waals surface area contributed by atoms with Gasteiger partial charge in [0.15, 0.2) is 5.13 Å². The smallest absolute Gasteiger partial charge is 0.303 e. The lowest BCUT2D eigenvalue weighted by atomic mass is 10.0. The number of thiazole rings is 1. The second-order valence-corrected chi connectivity index (χ2v) is 9.76. The van der Waals surface area contributed by atoms with Gasteiger partial charge in [0.2, 0.25) is 0 Å². The number of aryl methyl sites for hydroxylation is 2. The van der Waals surface area contributed by atoms with Crippen LogP contribution < -0.4 is 10.1 Å². The molecule has 0 atom stereocenters. The molecule has 2 N–H and O–H groups in total. The molecule has 0 amide bonds.